The second-order valence-corrected chi connectivity index (χ2v) is 9.31. The van der Waals surface area contributed by atoms with E-state index in [0.717, 1.165) is 0 Å². The van der Waals surface area contributed by atoms with Crippen molar-refractivity contribution in [3.05, 3.63) is 59.5 Å². The molecule has 1 amide bonds. The third-order valence-electron chi connectivity index (χ3n) is 4.62. The van der Waals surface area contributed by atoms with E-state index in [1.54, 1.807) is 18.2 Å². The molecular weight excluding hydrogens is 383 g/mol. The monoisotopic (exact) mass is 406 g/mol. The number of pyridine rings is 1. The van der Waals surface area contributed by atoms with E-state index in [9.17, 15) is 17.6 Å². The van der Waals surface area contributed by atoms with E-state index in [-0.39, 0.29) is 42.8 Å². The summed E-state index contributed by atoms with van der Waals surface area (Å²) in [5, 5.41) is -0.952. The average Bonchev–Trinajstić information content (AvgIpc) is 2.80. The van der Waals surface area contributed by atoms with Crippen LogP contribution in [0.4, 0.5) is 4.39 Å². The van der Waals surface area contributed by atoms with Gasteiger partial charge in [-0.25, -0.2) is 17.8 Å². The summed E-state index contributed by atoms with van der Waals surface area (Å²) in [7, 11) is -3.57. The van der Waals surface area contributed by atoms with Crippen LogP contribution in [0.5, 0.6) is 5.88 Å². The fourth-order valence-corrected chi connectivity index (χ4v) is 5.03. The summed E-state index contributed by atoms with van der Waals surface area (Å²) in [6.07, 6.45) is 1.55. The Kier molecular flexibility index (Phi) is 5.98. The van der Waals surface area contributed by atoms with Crippen LogP contribution >= 0.6 is 0 Å². The van der Waals surface area contributed by atoms with Crippen molar-refractivity contribution < 1.29 is 22.3 Å². The van der Waals surface area contributed by atoms with Gasteiger partial charge in [0.1, 0.15) is 5.82 Å². The molecule has 2 heterocycles. The average molecular weight is 406 g/mol. The second-order valence-electron chi connectivity index (χ2n) is 7.01. The van der Waals surface area contributed by atoms with Gasteiger partial charge in [0, 0.05) is 30.9 Å². The van der Waals surface area contributed by atoms with Gasteiger partial charge in [-0.1, -0.05) is 18.2 Å². The highest BCUT2D eigenvalue weighted by atomic mass is 32.2. The molecule has 0 bridgehead atoms. The Hall–Kier alpha value is -2.48. The molecule has 1 fully saturated rings. The number of carbonyl (C=O) groups is 1. The number of aromatic nitrogens is 1. The van der Waals surface area contributed by atoms with Gasteiger partial charge in [-0.2, -0.15) is 0 Å². The summed E-state index contributed by atoms with van der Waals surface area (Å²) in [5.74, 6) is -0.627. The van der Waals surface area contributed by atoms with Crippen LogP contribution in [0.25, 0.3) is 0 Å². The summed E-state index contributed by atoms with van der Waals surface area (Å²) in [6.45, 7) is 4.05. The number of ether oxygens (including phenoxy) is 1. The Bertz CT molecular complexity index is 945. The number of carbonyl (C=O) groups excluding carboxylic acids is 1. The fraction of sp³-hybridized carbons (Fsp3) is 0.400. The number of hydrogen-bond donors (Lipinski definition) is 0. The number of rotatable bonds is 4. The molecule has 0 saturated carbocycles. The molecule has 1 aliphatic rings. The van der Waals surface area contributed by atoms with Crippen LogP contribution in [0.15, 0.2) is 42.6 Å². The van der Waals surface area contributed by atoms with Crippen LogP contribution in [-0.2, 0) is 9.84 Å². The molecule has 1 saturated heterocycles. The minimum Gasteiger partial charge on any atom is -0.475 e. The van der Waals surface area contributed by atoms with Crippen LogP contribution < -0.4 is 4.74 Å². The zero-order valence-electron chi connectivity index (χ0n) is 15.8. The van der Waals surface area contributed by atoms with Gasteiger partial charge in [-0.15, -0.1) is 0 Å². The first-order valence-corrected chi connectivity index (χ1v) is 10.9. The maximum absolute atomic E-state index is 14.1. The van der Waals surface area contributed by atoms with Gasteiger partial charge >= 0.3 is 0 Å². The van der Waals surface area contributed by atoms with Gasteiger partial charge in [0.25, 0.3) is 5.91 Å². The standard InChI is InChI=1S/C20H23FN2O4S/c1-14(2)27-19-8-7-15(13-22-19)20(24)23-10-9-18(28(25,26)12-11-23)16-5-3-4-6-17(16)21/h3-8,13-14,18H,9-12H2,1-2H3. The van der Waals surface area contributed by atoms with Crippen LogP contribution in [0.3, 0.4) is 0 Å². The molecule has 0 aliphatic carbocycles. The van der Waals surface area contributed by atoms with Gasteiger partial charge in [-0.3, -0.25) is 4.79 Å². The molecule has 28 heavy (non-hydrogen) atoms. The molecule has 0 N–H and O–H groups in total. The number of nitrogens with zero attached hydrogens (tertiary/aromatic N) is 2. The van der Waals surface area contributed by atoms with Crippen molar-refractivity contribution in [3.63, 3.8) is 0 Å². The Morgan fingerprint density at radius 2 is 1.96 bits per heavy atom. The molecule has 1 aromatic heterocycles. The number of hydrogen-bond acceptors (Lipinski definition) is 5. The SMILES string of the molecule is CC(C)Oc1ccc(C(=O)N2CCC(c3ccccc3F)S(=O)(=O)CC2)cn1. The normalized spacial score (nSPS) is 19.3. The van der Waals surface area contributed by atoms with Gasteiger partial charge in [-0.05, 0) is 32.4 Å². The first-order valence-electron chi connectivity index (χ1n) is 9.16. The van der Waals surface area contributed by atoms with Crippen molar-refractivity contribution in [3.8, 4) is 5.88 Å². The Balaban J connectivity index is 1.77. The quantitative estimate of drug-likeness (QED) is 0.780. The van der Waals surface area contributed by atoms with E-state index in [1.807, 2.05) is 13.8 Å². The number of sulfone groups is 1. The highest BCUT2D eigenvalue weighted by Crippen LogP contribution is 2.31. The van der Waals surface area contributed by atoms with Gasteiger partial charge < -0.3 is 9.64 Å². The van der Waals surface area contributed by atoms with E-state index in [0.29, 0.717) is 11.4 Å². The summed E-state index contributed by atoms with van der Waals surface area (Å²) in [5.41, 5.74) is 0.520. The lowest BCUT2D eigenvalue weighted by Crippen LogP contribution is -2.33. The fourth-order valence-electron chi connectivity index (χ4n) is 3.23. The lowest BCUT2D eigenvalue weighted by molar-refractivity contribution is 0.0766. The summed E-state index contributed by atoms with van der Waals surface area (Å²) in [4.78, 5) is 18.4. The van der Waals surface area contributed by atoms with E-state index in [4.69, 9.17) is 4.74 Å². The Labute approximate surface area is 164 Å². The highest BCUT2D eigenvalue weighted by molar-refractivity contribution is 7.91. The molecular formula is C20H23FN2O4S. The van der Waals surface area contributed by atoms with Crippen molar-refractivity contribution in [1.29, 1.82) is 0 Å². The van der Waals surface area contributed by atoms with E-state index >= 15 is 0 Å². The number of benzene rings is 1. The van der Waals surface area contributed by atoms with Crippen LogP contribution in [0, 0.1) is 5.82 Å². The third-order valence-corrected chi connectivity index (χ3v) is 6.73. The molecule has 2 aromatic rings. The largest absolute Gasteiger partial charge is 0.475 e. The summed E-state index contributed by atoms with van der Waals surface area (Å²) in [6, 6.07) is 9.12. The predicted molar refractivity (Wildman–Crippen MR) is 103 cm³/mol. The maximum atomic E-state index is 14.1. The van der Waals surface area contributed by atoms with E-state index in [2.05, 4.69) is 4.98 Å². The molecule has 0 spiro atoms. The zero-order chi connectivity index (χ0) is 20.3. The minimum absolute atomic E-state index is 0.0276. The highest BCUT2D eigenvalue weighted by Gasteiger charge is 2.34. The smallest absolute Gasteiger partial charge is 0.255 e. The van der Waals surface area contributed by atoms with Crippen LogP contribution in [0.2, 0.25) is 0 Å². The zero-order valence-corrected chi connectivity index (χ0v) is 16.7. The van der Waals surface area contributed by atoms with Gasteiger partial charge in [0.2, 0.25) is 5.88 Å². The van der Waals surface area contributed by atoms with Crippen LogP contribution in [-0.4, -0.2) is 49.2 Å². The van der Waals surface area contributed by atoms with Crippen LogP contribution in [0.1, 0.15) is 41.4 Å². The molecule has 8 heteroatoms. The number of halogens is 1. The molecule has 6 nitrogen and oxygen atoms in total. The minimum atomic E-state index is -3.57. The Morgan fingerprint density at radius 3 is 2.61 bits per heavy atom. The molecule has 1 aliphatic heterocycles. The molecule has 0 radical (unpaired) electrons. The second kappa shape index (κ2) is 8.26. The van der Waals surface area contributed by atoms with Gasteiger partial charge in [0.05, 0.1) is 22.7 Å². The van der Waals surface area contributed by atoms with Crippen molar-refractivity contribution >= 4 is 15.7 Å². The molecule has 1 atom stereocenters. The molecule has 150 valence electrons. The molecule has 3 rings (SSSR count). The summed E-state index contributed by atoms with van der Waals surface area (Å²) < 4.78 is 44.9. The topological polar surface area (TPSA) is 76.6 Å². The lowest BCUT2D eigenvalue weighted by atomic mass is 10.1. The predicted octanol–water partition coefficient (Wildman–Crippen LogP) is 3.01. The van der Waals surface area contributed by atoms with E-state index < -0.39 is 20.9 Å². The first kappa shape index (κ1) is 20.3. The molecule has 1 aromatic carbocycles. The lowest BCUT2D eigenvalue weighted by Gasteiger charge is -2.20. The summed E-state index contributed by atoms with van der Waals surface area (Å²) >= 11 is 0. The van der Waals surface area contributed by atoms with Crippen molar-refractivity contribution in [2.45, 2.75) is 31.6 Å². The first-order chi connectivity index (χ1) is 13.3. The Morgan fingerprint density at radius 1 is 1.21 bits per heavy atom. The number of amides is 1. The third kappa shape index (κ3) is 4.49. The van der Waals surface area contributed by atoms with Crippen molar-refractivity contribution in [2.75, 3.05) is 18.8 Å². The van der Waals surface area contributed by atoms with Crippen molar-refractivity contribution in [1.82, 2.24) is 9.88 Å². The maximum Gasteiger partial charge on any atom is 0.255 e. The molecule has 1 unspecified atom stereocenters. The van der Waals surface area contributed by atoms with Gasteiger partial charge in [0.15, 0.2) is 9.84 Å². The van der Waals surface area contributed by atoms with E-state index in [1.165, 1.54) is 29.3 Å². The van der Waals surface area contributed by atoms with Crippen molar-refractivity contribution in [2.24, 2.45) is 0 Å².